The summed E-state index contributed by atoms with van der Waals surface area (Å²) >= 11 is 0. The summed E-state index contributed by atoms with van der Waals surface area (Å²) in [5.74, 6) is 6.38. The molecule has 0 fully saturated rings. The number of nitrogens with two attached hydrogens (primary N) is 1. The average molecular weight is 254 g/mol. The van der Waals surface area contributed by atoms with Crippen LogP contribution in [0.1, 0.15) is 22.9 Å². The van der Waals surface area contributed by atoms with Gasteiger partial charge in [0.2, 0.25) is 0 Å². The number of para-hydroxylation sites is 1. The fourth-order valence-electron chi connectivity index (χ4n) is 2.17. The molecule has 1 unspecified atom stereocenters. The second-order valence-corrected chi connectivity index (χ2v) is 4.41. The lowest BCUT2D eigenvalue weighted by Gasteiger charge is -2.12. The van der Waals surface area contributed by atoms with E-state index in [1.165, 1.54) is 6.33 Å². The van der Waals surface area contributed by atoms with Crippen molar-refractivity contribution < 1.29 is 4.42 Å². The molecule has 0 bridgehead atoms. The molecule has 96 valence electrons. The van der Waals surface area contributed by atoms with Crippen molar-refractivity contribution in [2.75, 3.05) is 0 Å². The molecular formula is C14H14N4O. The Morgan fingerprint density at radius 3 is 2.74 bits per heavy atom. The van der Waals surface area contributed by atoms with Gasteiger partial charge in [-0.05, 0) is 18.6 Å². The largest absolute Gasteiger partial charge is 0.459 e. The van der Waals surface area contributed by atoms with E-state index in [4.69, 9.17) is 10.3 Å². The van der Waals surface area contributed by atoms with Crippen molar-refractivity contribution in [2.45, 2.75) is 13.0 Å². The molecule has 5 nitrogen and oxygen atoms in total. The average Bonchev–Trinajstić information content (AvgIpc) is 2.86. The van der Waals surface area contributed by atoms with E-state index in [1.54, 1.807) is 12.4 Å². The lowest BCUT2D eigenvalue weighted by molar-refractivity contribution is 0.475. The van der Waals surface area contributed by atoms with Crippen LogP contribution in [0.4, 0.5) is 0 Å². The second-order valence-electron chi connectivity index (χ2n) is 4.41. The smallest absolute Gasteiger partial charge is 0.137 e. The molecule has 0 aliphatic carbocycles. The van der Waals surface area contributed by atoms with Gasteiger partial charge in [0.05, 0.1) is 0 Å². The van der Waals surface area contributed by atoms with E-state index in [0.717, 1.165) is 27.9 Å². The number of nitrogens with zero attached hydrogens (tertiary/aromatic N) is 2. The van der Waals surface area contributed by atoms with Crippen LogP contribution in [0.3, 0.4) is 0 Å². The van der Waals surface area contributed by atoms with Crippen molar-refractivity contribution in [3.05, 3.63) is 59.9 Å². The van der Waals surface area contributed by atoms with Crippen molar-refractivity contribution in [1.29, 1.82) is 0 Å². The van der Waals surface area contributed by atoms with Crippen molar-refractivity contribution >= 4 is 11.0 Å². The fraction of sp³-hybridized carbons (Fsp3) is 0.143. The third-order valence-electron chi connectivity index (χ3n) is 3.13. The highest BCUT2D eigenvalue weighted by atomic mass is 16.3. The maximum Gasteiger partial charge on any atom is 0.137 e. The zero-order chi connectivity index (χ0) is 13.2. The van der Waals surface area contributed by atoms with Gasteiger partial charge in [0.25, 0.3) is 0 Å². The van der Waals surface area contributed by atoms with E-state index in [-0.39, 0.29) is 6.04 Å². The first kappa shape index (κ1) is 11.8. The molecule has 0 spiro atoms. The molecule has 0 saturated carbocycles. The molecule has 1 atom stereocenters. The molecule has 0 amide bonds. The Morgan fingerprint density at radius 2 is 2.05 bits per heavy atom. The molecule has 0 aliphatic heterocycles. The molecule has 2 aromatic heterocycles. The van der Waals surface area contributed by atoms with Gasteiger partial charge >= 0.3 is 0 Å². The van der Waals surface area contributed by atoms with Gasteiger partial charge in [0, 0.05) is 23.3 Å². The molecule has 3 N–H and O–H groups in total. The highest BCUT2D eigenvalue weighted by molar-refractivity contribution is 5.81. The Labute approximate surface area is 110 Å². The Kier molecular flexibility index (Phi) is 2.98. The van der Waals surface area contributed by atoms with Crippen LogP contribution < -0.4 is 11.3 Å². The van der Waals surface area contributed by atoms with Crippen molar-refractivity contribution in [1.82, 2.24) is 15.4 Å². The quantitative estimate of drug-likeness (QED) is 0.552. The third kappa shape index (κ3) is 2.09. The number of rotatable bonds is 3. The van der Waals surface area contributed by atoms with E-state index in [9.17, 15) is 0 Å². The number of hydrogen-bond donors (Lipinski definition) is 2. The third-order valence-corrected chi connectivity index (χ3v) is 3.13. The van der Waals surface area contributed by atoms with Crippen molar-refractivity contribution in [3.8, 4) is 0 Å². The van der Waals surface area contributed by atoms with Gasteiger partial charge in [0.1, 0.15) is 23.7 Å². The summed E-state index contributed by atoms with van der Waals surface area (Å²) < 4.78 is 5.91. The Balaban J connectivity index is 2.09. The van der Waals surface area contributed by atoms with Gasteiger partial charge < -0.3 is 4.42 Å². The predicted molar refractivity (Wildman–Crippen MR) is 72.1 cm³/mol. The van der Waals surface area contributed by atoms with Crippen molar-refractivity contribution in [3.63, 3.8) is 0 Å². The number of furan rings is 1. The lowest BCUT2D eigenvalue weighted by Crippen LogP contribution is -2.28. The lowest BCUT2D eigenvalue weighted by atomic mass is 10.1. The zero-order valence-electron chi connectivity index (χ0n) is 10.5. The Bertz CT molecular complexity index is 693. The van der Waals surface area contributed by atoms with Gasteiger partial charge in [-0.2, -0.15) is 0 Å². The first-order valence-electron chi connectivity index (χ1n) is 5.99. The Hall–Kier alpha value is -2.24. The number of aromatic nitrogens is 2. The van der Waals surface area contributed by atoms with E-state index in [0.29, 0.717) is 0 Å². The number of fused-ring (bicyclic) bond motifs is 1. The van der Waals surface area contributed by atoms with Crippen LogP contribution in [0.25, 0.3) is 11.0 Å². The van der Waals surface area contributed by atoms with E-state index in [2.05, 4.69) is 15.4 Å². The van der Waals surface area contributed by atoms with Crippen LogP contribution in [0, 0.1) is 6.92 Å². The van der Waals surface area contributed by atoms with Crippen molar-refractivity contribution in [2.24, 2.45) is 5.84 Å². The van der Waals surface area contributed by atoms with E-state index in [1.807, 2.05) is 31.2 Å². The summed E-state index contributed by atoms with van der Waals surface area (Å²) in [7, 11) is 0. The topological polar surface area (TPSA) is 77.0 Å². The molecule has 1 aromatic carbocycles. The van der Waals surface area contributed by atoms with Crippen LogP contribution >= 0.6 is 0 Å². The molecule has 5 heteroatoms. The van der Waals surface area contributed by atoms with Crippen LogP contribution in [0.5, 0.6) is 0 Å². The minimum absolute atomic E-state index is 0.256. The Morgan fingerprint density at radius 1 is 1.26 bits per heavy atom. The molecule has 0 radical (unpaired) electrons. The number of hydrazine groups is 1. The first-order chi connectivity index (χ1) is 9.29. The summed E-state index contributed by atoms with van der Waals surface area (Å²) in [6.45, 7) is 2.02. The zero-order valence-corrected chi connectivity index (χ0v) is 10.5. The second kappa shape index (κ2) is 4.79. The number of hydrogen-bond acceptors (Lipinski definition) is 5. The normalized spacial score (nSPS) is 12.7. The van der Waals surface area contributed by atoms with Gasteiger partial charge in [0.15, 0.2) is 0 Å². The van der Waals surface area contributed by atoms with Gasteiger partial charge in [-0.3, -0.25) is 5.84 Å². The van der Waals surface area contributed by atoms with Gasteiger partial charge in [-0.25, -0.2) is 15.4 Å². The maximum absolute atomic E-state index is 5.91. The molecular weight excluding hydrogens is 240 g/mol. The summed E-state index contributed by atoms with van der Waals surface area (Å²) in [5, 5.41) is 1.06. The first-order valence-corrected chi connectivity index (χ1v) is 5.99. The summed E-state index contributed by atoms with van der Waals surface area (Å²) in [6, 6.07) is 7.78. The molecule has 0 saturated heterocycles. The summed E-state index contributed by atoms with van der Waals surface area (Å²) in [5.41, 5.74) is 5.59. The highest BCUT2D eigenvalue weighted by Crippen LogP contribution is 2.28. The van der Waals surface area contributed by atoms with Crippen LogP contribution in [-0.2, 0) is 0 Å². The standard InChI is InChI=1S/C14H14N4O/c1-9-3-2-4-10-5-12(19-14(9)10)13(18-15)11-6-16-8-17-7-11/h2-8,13,18H,15H2,1H3. The summed E-state index contributed by atoms with van der Waals surface area (Å²) in [6.07, 6.45) is 4.93. The minimum atomic E-state index is -0.256. The van der Waals surface area contributed by atoms with Crippen LogP contribution in [-0.4, -0.2) is 9.97 Å². The SMILES string of the molecule is Cc1cccc2cc(C(NN)c3cncnc3)oc12. The van der Waals surface area contributed by atoms with E-state index < -0.39 is 0 Å². The number of nitrogens with one attached hydrogen (secondary N) is 1. The van der Waals surface area contributed by atoms with Crippen LogP contribution in [0.15, 0.2) is 47.4 Å². The van der Waals surface area contributed by atoms with Crippen LogP contribution in [0.2, 0.25) is 0 Å². The molecule has 19 heavy (non-hydrogen) atoms. The molecule has 0 aliphatic rings. The van der Waals surface area contributed by atoms with Gasteiger partial charge in [-0.15, -0.1) is 0 Å². The fourth-order valence-corrected chi connectivity index (χ4v) is 2.17. The monoisotopic (exact) mass is 254 g/mol. The summed E-state index contributed by atoms with van der Waals surface area (Å²) in [4.78, 5) is 8.00. The maximum atomic E-state index is 5.91. The molecule has 2 heterocycles. The minimum Gasteiger partial charge on any atom is -0.459 e. The highest BCUT2D eigenvalue weighted by Gasteiger charge is 2.18. The van der Waals surface area contributed by atoms with E-state index >= 15 is 0 Å². The molecule has 3 aromatic rings. The predicted octanol–water partition coefficient (Wildman–Crippen LogP) is 2.08. The number of aryl methyl sites for hydroxylation is 1. The van der Waals surface area contributed by atoms with Gasteiger partial charge in [-0.1, -0.05) is 18.2 Å². The molecule has 3 rings (SSSR count). The number of benzene rings is 1.